The minimum atomic E-state index is 0.466. The quantitative estimate of drug-likeness (QED) is 0.804. The van der Waals surface area contributed by atoms with E-state index in [1.54, 1.807) is 14.2 Å². The molecule has 0 aliphatic heterocycles. The number of methoxy groups -OCH3 is 2. The molecule has 1 N–H and O–H groups in total. The van der Waals surface area contributed by atoms with Gasteiger partial charge in [0.1, 0.15) is 0 Å². The van der Waals surface area contributed by atoms with Crippen molar-refractivity contribution in [2.45, 2.75) is 32.4 Å². The van der Waals surface area contributed by atoms with Crippen LogP contribution in [0.2, 0.25) is 0 Å². The molecule has 0 spiro atoms. The number of hydrogen-bond donors (Lipinski definition) is 1. The Morgan fingerprint density at radius 1 is 0.909 bits per heavy atom. The Balaban J connectivity index is 1.82. The highest BCUT2D eigenvalue weighted by Gasteiger charge is 2.06. The first-order chi connectivity index (χ1) is 10.7. The molecule has 0 bridgehead atoms. The van der Waals surface area contributed by atoms with Crippen LogP contribution in [0.1, 0.15) is 24.5 Å². The van der Waals surface area contributed by atoms with Gasteiger partial charge in [0.15, 0.2) is 11.5 Å². The van der Waals surface area contributed by atoms with Crippen molar-refractivity contribution in [1.29, 1.82) is 0 Å². The van der Waals surface area contributed by atoms with E-state index in [1.807, 2.05) is 12.1 Å². The molecule has 2 rings (SSSR count). The molecule has 0 fully saturated rings. The molecular weight excluding hydrogens is 274 g/mol. The fraction of sp³-hybridized carbons (Fsp3) is 0.368. The van der Waals surface area contributed by atoms with Crippen molar-refractivity contribution in [3.8, 4) is 11.5 Å². The summed E-state index contributed by atoms with van der Waals surface area (Å²) in [5.74, 6) is 1.58. The highest BCUT2D eigenvalue weighted by molar-refractivity contribution is 5.42. The normalized spacial score (nSPS) is 12.0. The number of rotatable bonds is 8. The lowest BCUT2D eigenvalue weighted by atomic mass is 10.1. The van der Waals surface area contributed by atoms with E-state index in [0.29, 0.717) is 6.04 Å². The maximum absolute atomic E-state index is 5.35. The van der Waals surface area contributed by atoms with Crippen LogP contribution in [0.25, 0.3) is 0 Å². The van der Waals surface area contributed by atoms with E-state index in [4.69, 9.17) is 9.47 Å². The third-order valence-electron chi connectivity index (χ3n) is 3.81. The van der Waals surface area contributed by atoms with Gasteiger partial charge in [-0.15, -0.1) is 0 Å². The summed E-state index contributed by atoms with van der Waals surface area (Å²) in [7, 11) is 3.33. The largest absolute Gasteiger partial charge is 0.493 e. The Labute approximate surface area is 133 Å². The summed E-state index contributed by atoms with van der Waals surface area (Å²) in [6, 6.07) is 17.1. The second kappa shape index (κ2) is 8.44. The monoisotopic (exact) mass is 299 g/mol. The van der Waals surface area contributed by atoms with Crippen molar-refractivity contribution in [3.05, 3.63) is 59.7 Å². The van der Waals surface area contributed by atoms with Gasteiger partial charge in [0.2, 0.25) is 0 Å². The topological polar surface area (TPSA) is 30.5 Å². The van der Waals surface area contributed by atoms with Crippen LogP contribution < -0.4 is 14.8 Å². The molecule has 0 heterocycles. The summed E-state index contributed by atoms with van der Waals surface area (Å²) >= 11 is 0. The third kappa shape index (κ3) is 4.78. The van der Waals surface area contributed by atoms with Gasteiger partial charge in [-0.1, -0.05) is 36.4 Å². The van der Waals surface area contributed by atoms with E-state index in [9.17, 15) is 0 Å². The summed E-state index contributed by atoms with van der Waals surface area (Å²) in [6.45, 7) is 3.14. The number of ether oxygens (including phenoxy) is 2. The molecule has 3 heteroatoms. The van der Waals surface area contributed by atoms with Gasteiger partial charge in [0.25, 0.3) is 0 Å². The summed E-state index contributed by atoms with van der Waals surface area (Å²) in [5.41, 5.74) is 2.59. The molecule has 118 valence electrons. The zero-order valence-corrected chi connectivity index (χ0v) is 13.6. The van der Waals surface area contributed by atoms with Crippen LogP contribution in [0.5, 0.6) is 11.5 Å². The SMILES string of the molecule is COc1ccc(CCC(C)NCc2ccccc2)cc1OC. The highest BCUT2D eigenvalue weighted by atomic mass is 16.5. The van der Waals surface area contributed by atoms with Gasteiger partial charge in [-0.2, -0.15) is 0 Å². The minimum Gasteiger partial charge on any atom is -0.493 e. The Bertz CT molecular complexity index is 569. The minimum absolute atomic E-state index is 0.466. The average Bonchev–Trinajstić information content (AvgIpc) is 2.58. The van der Waals surface area contributed by atoms with E-state index >= 15 is 0 Å². The van der Waals surface area contributed by atoms with Crippen molar-refractivity contribution < 1.29 is 9.47 Å². The molecule has 0 amide bonds. The molecule has 2 aromatic carbocycles. The average molecular weight is 299 g/mol. The van der Waals surface area contributed by atoms with Crippen molar-refractivity contribution >= 4 is 0 Å². The van der Waals surface area contributed by atoms with E-state index in [0.717, 1.165) is 30.9 Å². The van der Waals surface area contributed by atoms with Gasteiger partial charge in [-0.25, -0.2) is 0 Å². The summed E-state index contributed by atoms with van der Waals surface area (Å²) < 4.78 is 10.6. The van der Waals surface area contributed by atoms with Gasteiger partial charge < -0.3 is 14.8 Å². The van der Waals surface area contributed by atoms with Crippen LogP contribution in [-0.4, -0.2) is 20.3 Å². The van der Waals surface area contributed by atoms with Gasteiger partial charge in [0.05, 0.1) is 14.2 Å². The molecule has 0 saturated carbocycles. The van der Waals surface area contributed by atoms with E-state index < -0.39 is 0 Å². The van der Waals surface area contributed by atoms with Crippen LogP contribution in [0, 0.1) is 0 Å². The molecule has 22 heavy (non-hydrogen) atoms. The first-order valence-corrected chi connectivity index (χ1v) is 7.71. The lowest BCUT2D eigenvalue weighted by Gasteiger charge is -2.15. The molecule has 0 aliphatic carbocycles. The first kappa shape index (κ1) is 16.4. The lowest BCUT2D eigenvalue weighted by Crippen LogP contribution is -2.25. The molecule has 0 aromatic heterocycles. The maximum Gasteiger partial charge on any atom is 0.160 e. The van der Waals surface area contributed by atoms with Crippen molar-refractivity contribution in [3.63, 3.8) is 0 Å². The fourth-order valence-electron chi connectivity index (χ4n) is 2.41. The standard InChI is InChI=1S/C19H25NO2/c1-15(20-14-17-7-5-4-6-8-17)9-10-16-11-12-18(21-2)19(13-16)22-3/h4-8,11-13,15,20H,9-10,14H2,1-3H3. The van der Waals surface area contributed by atoms with Gasteiger partial charge in [-0.05, 0) is 43.0 Å². The summed E-state index contributed by atoms with van der Waals surface area (Å²) in [5, 5.41) is 3.56. The summed E-state index contributed by atoms with van der Waals surface area (Å²) in [4.78, 5) is 0. The van der Waals surface area contributed by atoms with Gasteiger partial charge in [-0.3, -0.25) is 0 Å². The number of hydrogen-bond acceptors (Lipinski definition) is 3. The molecule has 0 saturated heterocycles. The molecule has 3 nitrogen and oxygen atoms in total. The van der Waals surface area contributed by atoms with Crippen molar-refractivity contribution in [1.82, 2.24) is 5.32 Å². The Kier molecular flexibility index (Phi) is 6.28. The van der Waals surface area contributed by atoms with Crippen molar-refractivity contribution in [2.24, 2.45) is 0 Å². The second-order valence-electron chi connectivity index (χ2n) is 5.50. The van der Waals surface area contributed by atoms with Crippen molar-refractivity contribution in [2.75, 3.05) is 14.2 Å². The molecular formula is C19H25NO2. The predicted molar refractivity (Wildman–Crippen MR) is 90.6 cm³/mol. The van der Waals surface area contributed by atoms with Crippen LogP contribution in [0.4, 0.5) is 0 Å². The Morgan fingerprint density at radius 3 is 2.32 bits per heavy atom. The van der Waals surface area contributed by atoms with Crippen LogP contribution in [-0.2, 0) is 13.0 Å². The van der Waals surface area contributed by atoms with E-state index in [-0.39, 0.29) is 0 Å². The van der Waals surface area contributed by atoms with Crippen LogP contribution >= 0.6 is 0 Å². The number of nitrogens with one attached hydrogen (secondary N) is 1. The maximum atomic E-state index is 5.35. The Hall–Kier alpha value is -2.00. The smallest absolute Gasteiger partial charge is 0.160 e. The number of aryl methyl sites for hydroxylation is 1. The second-order valence-corrected chi connectivity index (χ2v) is 5.50. The zero-order valence-electron chi connectivity index (χ0n) is 13.6. The fourth-order valence-corrected chi connectivity index (χ4v) is 2.41. The summed E-state index contributed by atoms with van der Waals surface area (Å²) in [6.07, 6.45) is 2.10. The third-order valence-corrected chi connectivity index (χ3v) is 3.81. The van der Waals surface area contributed by atoms with E-state index in [1.165, 1.54) is 11.1 Å². The van der Waals surface area contributed by atoms with Gasteiger partial charge in [0, 0.05) is 12.6 Å². The zero-order chi connectivity index (χ0) is 15.8. The molecule has 2 aromatic rings. The highest BCUT2D eigenvalue weighted by Crippen LogP contribution is 2.28. The van der Waals surface area contributed by atoms with Gasteiger partial charge >= 0.3 is 0 Å². The Morgan fingerprint density at radius 2 is 1.64 bits per heavy atom. The lowest BCUT2D eigenvalue weighted by molar-refractivity contribution is 0.354. The molecule has 0 radical (unpaired) electrons. The predicted octanol–water partition coefficient (Wildman–Crippen LogP) is 3.81. The molecule has 1 unspecified atom stereocenters. The molecule has 1 atom stereocenters. The van der Waals surface area contributed by atoms with Crippen LogP contribution in [0.15, 0.2) is 48.5 Å². The molecule has 0 aliphatic rings. The first-order valence-electron chi connectivity index (χ1n) is 7.71. The number of benzene rings is 2. The van der Waals surface area contributed by atoms with E-state index in [2.05, 4.69) is 48.6 Å². The van der Waals surface area contributed by atoms with Crippen LogP contribution in [0.3, 0.4) is 0 Å².